The normalized spacial score (nSPS) is 14.7. The third-order valence-corrected chi connectivity index (χ3v) is 7.10. The van der Waals surface area contributed by atoms with Crippen LogP contribution in [0.4, 0.5) is 0 Å². The first-order valence-corrected chi connectivity index (χ1v) is 12.8. The van der Waals surface area contributed by atoms with Crippen LogP contribution in [0.25, 0.3) is 0 Å². The topological polar surface area (TPSA) is 99.2 Å². The number of ether oxygens (including phenoxy) is 2. The van der Waals surface area contributed by atoms with E-state index in [1.165, 1.54) is 0 Å². The van der Waals surface area contributed by atoms with Crippen molar-refractivity contribution in [3.8, 4) is 5.75 Å². The maximum atomic E-state index is 12.5. The number of imide groups is 1. The Balaban J connectivity index is 1.48. The SMILES string of the molecule is C=CC(OCc1ccc(OC)cc1)C(C)(C)COS(=O)(=O)CCCN1C(=O)c2ccccc2C1=O. The van der Waals surface area contributed by atoms with Crippen molar-refractivity contribution >= 4 is 21.9 Å². The number of hydrogen-bond acceptors (Lipinski definition) is 7. The quantitative estimate of drug-likeness (QED) is 0.234. The van der Waals surface area contributed by atoms with Crippen molar-refractivity contribution in [2.75, 3.05) is 26.0 Å². The van der Waals surface area contributed by atoms with Crippen molar-refractivity contribution in [1.29, 1.82) is 0 Å². The molecule has 2 aromatic rings. The number of benzene rings is 2. The summed E-state index contributed by atoms with van der Waals surface area (Å²) in [5.74, 6) is -0.390. The summed E-state index contributed by atoms with van der Waals surface area (Å²) < 4.78 is 41.4. The van der Waals surface area contributed by atoms with Crippen molar-refractivity contribution in [3.05, 3.63) is 77.9 Å². The lowest BCUT2D eigenvalue weighted by molar-refractivity contribution is -0.0228. The summed E-state index contributed by atoms with van der Waals surface area (Å²) in [7, 11) is -2.28. The Bertz CT molecular complexity index is 1140. The average molecular weight is 502 g/mol. The van der Waals surface area contributed by atoms with Gasteiger partial charge < -0.3 is 9.47 Å². The number of fused-ring (bicyclic) bond motifs is 1. The van der Waals surface area contributed by atoms with Crippen LogP contribution in [0.5, 0.6) is 5.75 Å². The van der Waals surface area contributed by atoms with E-state index in [0.29, 0.717) is 17.7 Å². The van der Waals surface area contributed by atoms with E-state index in [1.807, 2.05) is 38.1 Å². The molecule has 0 aliphatic carbocycles. The van der Waals surface area contributed by atoms with Gasteiger partial charge >= 0.3 is 0 Å². The number of hydrogen-bond donors (Lipinski definition) is 0. The van der Waals surface area contributed by atoms with E-state index in [1.54, 1.807) is 37.5 Å². The minimum atomic E-state index is -3.88. The largest absolute Gasteiger partial charge is 0.497 e. The summed E-state index contributed by atoms with van der Waals surface area (Å²) in [5, 5.41) is 0. The lowest BCUT2D eigenvalue weighted by Crippen LogP contribution is -2.36. The molecule has 0 fully saturated rings. The highest BCUT2D eigenvalue weighted by molar-refractivity contribution is 7.86. The number of carbonyl (C=O) groups excluding carboxylic acids is 2. The van der Waals surface area contributed by atoms with Gasteiger partial charge in [-0.1, -0.05) is 44.2 Å². The van der Waals surface area contributed by atoms with Crippen molar-refractivity contribution in [2.24, 2.45) is 5.41 Å². The highest BCUT2D eigenvalue weighted by Crippen LogP contribution is 2.27. The minimum absolute atomic E-state index is 0.00140. The van der Waals surface area contributed by atoms with Crippen LogP contribution in [-0.2, 0) is 25.6 Å². The van der Waals surface area contributed by atoms with E-state index in [0.717, 1.165) is 16.2 Å². The third kappa shape index (κ3) is 6.56. The van der Waals surface area contributed by atoms with Crippen LogP contribution in [0.3, 0.4) is 0 Å². The Kier molecular flexibility index (Phi) is 8.47. The molecule has 0 N–H and O–H groups in total. The van der Waals surface area contributed by atoms with Crippen LogP contribution >= 0.6 is 0 Å². The van der Waals surface area contributed by atoms with Crippen molar-refractivity contribution in [2.45, 2.75) is 33.0 Å². The fourth-order valence-electron chi connectivity index (χ4n) is 3.74. The van der Waals surface area contributed by atoms with Crippen LogP contribution in [0, 0.1) is 5.41 Å². The molecule has 1 heterocycles. The van der Waals surface area contributed by atoms with Crippen LogP contribution in [0.2, 0.25) is 0 Å². The van der Waals surface area contributed by atoms with Gasteiger partial charge in [0.05, 0.1) is 43.3 Å². The van der Waals surface area contributed by atoms with E-state index in [9.17, 15) is 18.0 Å². The summed E-state index contributed by atoms with van der Waals surface area (Å²) in [6, 6.07) is 14.0. The molecule has 3 rings (SSSR count). The molecule has 35 heavy (non-hydrogen) atoms. The summed E-state index contributed by atoms with van der Waals surface area (Å²) in [6.45, 7) is 7.69. The Morgan fingerprint density at radius 3 is 2.17 bits per heavy atom. The Morgan fingerprint density at radius 2 is 1.63 bits per heavy atom. The van der Waals surface area contributed by atoms with Crippen molar-refractivity contribution in [3.63, 3.8) is 0 Å². The smallest absolute Gasteiger partial charge is 0.267 e. The number of carbonyl (C=O) groups is 2. The van der Waals surface area contributed by atoms with Crippen LogP contribution < -0.4 is 4.74 Å². The highest BCUT2D eigenvalue weighted by Gasteiger charge is 2.35. The molecule has 8 nitrogen and oxygen atoms in total. The first-order chi connectivity index (χ1) is 16.6. The van der Waals surface area contributed by atoms with E-state index in [-0.39, 0.29) is 25.3 Å². The van der Waals surface area contributed by atoms with Gasteiger partial charge in [-0.3, -0.25) is 18.7 Å². The van der Waals surface area contributed by atoms with Crippen molar-refractivity contribution in [1.82, 2.24) is 4.90 Å². The molecule has 188 valence electrons. The molecule has 0 radical (unpaired) electrons. The first-order valence-electron chi connectivity index (χ1n) is 11.3. The lowest BCUT2D eigenvalue weighted by atomic mass is 9.87. The van der Waals surface area contributed by atoms with Gasteiger partial charge in [0.1, 0.15) is 5.75 Å². The van der Waals surface area contributed by atoms with Crippen molar-refractivity contribution < 1.29 is 31.7 Å². The number of methoxy groups -OCH3 is 1. The van der Waals surface area contributed by atoms with Crippen LogP contribution in [0.1, 0.15) is 46.5 Å². The monoisotopic (exact) mass is 501 g/mol. The molecular weight excluding hydrogens is 470 g/mol. The molecule has 0 saturated heterocycles. The third-order valence-electron chi connectivity index (χ3n) is 5.84. The molecule has 1 aliphatic rings. The molecule has 0 bridgehead atoms. The van der Waals surface area contributed by atoms with E-state index in [2.05, 4.69) is 6.58 Å². The number of amides is 2. The summed E-state index contributed by atoms with van der Waals surface area (Å²) in [6.07, 6.45) is 1.24. The summed E-state index contributed by atoms with van der Waals surface area (Å²) in [4.78, 5) is 25.9. The molecule has 2 amide bonds. The Hall–Kier alpha value is -3.01. The molecule has 1 atom stereocenters. The minimum Gasteiger partial charge on any atom is -0.497 e. The molecule has 1 unspecified atom stereocenters. The molecule has 1 aliphatic heterocycles. The van der Waals surface area contributed by atoms with Gasteiger partial charge in [0, 0.05) is 12.0 Å². The van der Waals surface area contributed by atoms with Crippen LogP contribution in [0.15, 0.2) is 61.2 Å². The zero-order valence-corrected chi connectivity index (χ0v) is 21.0. The molecule has 0 aromatic heterocycles. The van der Waals surface area contributed by atoms with Gasteiger partial charge in [-0.25, -0.2) is 0 Å². The van der Waals surface area contributed by atoms with E-state index >= 15 is 0 Å². The van der Waals surface area contributed by atoms with Gasteiger partial charge in [0.2, 0.25) is 0 Å². The zero-order valence-electron chi connectivity index (χ0n) is 20.2. The molecule has 0 saturated carbocycles. The van der Waals surface area contributed by atoms with Gasteiger partial charge in [-0.2, -0.15) is 8.42 Å². The zero-order chi connectivity index (χ0) is 25.6. The average Bonchev–Trinajstić information content (AvgIpc) is 3.08. The second kappa shape index (κ2) is 11.2. The Morgan fingerprint density at radius 1 is 1.03 bits per heavy atom. The second-order valence-electron chi connectivity index (χ2n) is 8.99. The summed E-state index contributed by atoms with van der Waals surface area (Å²) >= 11 is 0. The van der Waals surface area contributed by atoms with Crippen LogP contribution in [-0.4, -0.2) is 57.3 Å². The molecule has 9 heteroatoms. The van der Waals surface area contributed by atoms with E-state index in [4.69, 9.17) is 13.7 Å². The second-order valence-corrected chi connectivity index (χ2v) is 10.7. The number of rotatable bonds is 13. The highest BCUT2D eigenvalue weighted by atomic mass is 32.2. The fraction of sp³-hybridized carbons (Fsp3) is 0.385. The van der Waals surface area contributed by atoms with Gasteiger partial charge in [-0.05, 0) is 36.2 Å². The maximum absolute atomic E-state index is 12.5. The summed E-state index contributed by atoms with van der Waals surface area (Å²) in [5.41, 5.74) is 0.936. The Labute approximate surface area is 206 Å². The van der Waals surface area contributed by atoms with Gasteiger partial charge in [-0.15, -0.1) is 6.58 Å². The molecule has 0 spiro atoms. The molecule has 2 aromatic carbocycles. The first kappa shape index (κ1) is 26.6. The standard InChI is InChI=1S/C26H31NO7S/c1-5-23(33-17-19-11-13-20(32-4)14-12-19)26(2,3)18-34-35(30,31)16-8-15-27-24(28)21-9-6-7-10-22(21)25(27)29/h5-7,9-14,23H,1,8,15-18H2,2-4H3. The van der Waals surface area contributed by atoms with Gasteiger partial charge in [0.25, 0.3) is 21.9 Å². The molecular formula is C26H31NO7S. The maximum Gasteiger partial charge on any atom is 0.267 e. The predicted octanol–water partition coefficient (Wildman–Crippen LogP) is 3.83. The predicted molar refractivity (Wildman–Crippen MR) is 132 cm³/mol. The number of nitrogens with zero attached hydrogens (tertiary/aromatic N) is 1. The lowest BCUT2D eigenvalue weighted by Gasteiger charge is -2.31. The fourth-order valence-corrected chi connectivity index (χ4v) is 4.83. The van der Waals surface area contributed by atoms with Gasteiger partial charge in [0.15, 0.2) is 0 Å². The van der Waals surface area contributed by atoms with E-state index < -0.39 is 33.5 Å².